The molecule has 0 aliphatic heterocycles. The van der Waals surface area contributed by atoms with Crippen molar-refractivity contribution in [1.82, 2.24) is 4.90 Å². The zero-order valence-electron chi connectivity index (χ0n) is 11.8. The Morgan fingerprint density at radius 3 is 2.10 bits per heavy atom. The molecule has 0 aromatic heterocycles. The van der Waals surface area contributed by atoms with Crippen LogP contribution in [0.1, 0.15) is 5.56 Å². The van der Waals surface area contributed by atoms with Gasteiger partial charge in [-0.05, 0) is 48.5 Å². The van der Waals surface area contributed by atoms with Crippen molar-refractivity contribution < 1.29 is 4.74 Å². The van der Waals surface area contributed by atoms with E-state index in [4.69, 9.17) is 16.3 Å². The van der Waals surface area contributed by atoms with Crippen molar-refractivity contribution in [3.05, 3.63) is 59.1 Å². The number of halogens is 1. The monoisotopic (exact) mass is 288 g/mol. The average molecular weight is 289 g/mol. The quantitative estimate of drug-likeness (QED) is 0.630. The SMILES string of the molecule is COc1ccc(C(=Nc2ccc(Cl)cc2)N(C)C)cc1. The van der Waals surface area contributed by atoms with Gasteiger partial charge in [-0.1, -0.05) is 11.6 Å². The summed E-state index contributed by atoms with van der Waals surface area (Å²) in [6.07, 6.45) is 0. The van der Waals surface area contributed by atoms with E-state index in [1.807, 2.05) is 67.5 Å². The zero-order valence-corrected chi connectivity index (χ0v) is 12.6. The lowest BCUT2D eigenvalue weighted by molar-refractivity contribution is 0.414. The van der Waals surface area contributed by atoms with Crippen LogP contribution in [0.3, 0.4) is 0 Å². The molecule has 0 bridgehead atoms. The maximum absolute atomic E-state index is 5.89. The Morgan fingerprint density at radius 2 is 1.60 bits per heavy atom. The minimum absolute atomic E-state index is 0.708. The Bertz CT molecular complexity index is 589. The predicted molar refractivity (Wildman–Crippen MR) is 84.3 cm³/mol. The highest BCUT2D eigenvalue weighted by Crippen LogP contribution is 2.19. The summed E-state index contributed by atoms with van der Waals surface area (Å²) in [6.45, 7) is 0. The molecule has 0 heterocycles. The first-order valence-electron chi connectivity index (χ1n) is 6.26. The van der Waals surface area contributed by atoms with Crippen LogP contribution in [-0.4, -0.2) is 31.9 Å². The second-order valence-corrected chi connectivity index (χ2v) is 4.97. The molecule has 0 aliphatic carbocycles. The summed E-state index contributed by atoms with van der Waals surface area (Å²) < 4.78 is 5.17. The maximum Gasteiger partial charge on any atom is 0.136 e. The number of benzene rings is 2. The second kappa shape index (κ2) is 6.44. The lowest BCUT2D eigenvalue weighted by atomic mass is 10.2. The van der Waals surface area contributed by atoms with Crippen molar-refractivity contribution >= 4 is 23.1 Å². The molecular formula is C16H17ClN2O. The summed E-state index contributed by atoms with van der Waals surface area (Å²) in [5, 5.41) is 0.708. The fraction of sp³-hybridized carbons (Fsp3) is 0.188. The topological polar surface area (TPSA) is 24.8 Å². The minimum atomic E-state index is 0.708. The van der Waals surface area contributed by atoms with Gasteiger partial charge in [-0.15, -0.1) is 0 Å². The highest BCUT2D eigenvalue weighted by molar-refractivity contribution is 6.30. The van der Waals surface area contributed by atoms with E-state index in [0.717, 1.165) is 22.8 Å². The number of methoxy groups -OCH3 is 1. The molecular weight excluding hydrogens is 272 g/mol. The number of ether oxygens (including phenoxy) is 1. The molecule has 4 heteroatoms. The molecule has 2 aromatic rings. The lowest BCUT2D eigenvalue weighted by Crippen LogP contribution is -2.22. The fourth-order valence-corrected chi connectivity index (χ4v) is 1.93. The number of aliphatic imine (C=N–C) groups is 1. The summed E-state index contributed by atoms with van der Waals surface area (Å²) >= 11 is 5.89. The zero-order chi connectivity index (χ0) is 14.5. The molecule has 20 heavy (non-hydrogen) atoms. The molecule has 0 spiro atoms. The Balaban J connectivity index is 2.37. The van der Waals surface area contributed by atoms with Crippen LogP contribution in [0.4, 0.5) is 5.69 Å². The molecule has 0 radical (unpaired) electrons. The summed E-state index contributed by atoms with van der Waals surface area (Å²) in [5.41, 5.74) is 1.90. The van der Waals surface area contributed by atoms with Crippen LogP contribution in [0.2, 0.25) is 5.02 Å². The van der Waals surface area contributed by atoms with Gasteiger partial charge in [0.2, 0.25) is 0 Å². The molecule has 0 amide bonds. The van der Waals surface area contributed by atoms with E-state index in [9.17, 15) is 0 Å². The van der Waals surface area contributed by atoms with Crippen LogP contribution >= 0.6 is 11.6 Å². The highest BCUT2D eigenvalue weighted by atomic mass is 35.5. The van der Waals surface area contributed by atoms with E-state index in [0.29, 0.717) is 5.02 Å². The van der Waals surface area contributed by atoms with Crippen LogP contribution in [0.25, 0.3) is 0 Å². The van der Waals surface area contributed by atoms with Gasteiger partial charge in [0.1, 0.15) is 11.6 Å². The third-order valence-electron chi connectivity index (χ3n) is 2.83. The van der Waals surface area contributed by atoms with Gasteiger partial charge in [-0.3, -0.25) is 0 Å². The molecule has 2 aromatic carbocycles. The molecule has 104 valence electrons. The predicted octanol–water partition coefficient (Wildman–Crippen LogP) is 3.99. The number of nitrogens with zero attached hydrogens (tertiary/aromatic N) is 2. The number of amidine groups is 1. The van der Waals surface area contributed by atoms with Crippen LogP contribution in [-0.2, 0) is 0 Å². The summed E-state index contributed by atoms with van der Waals surface area (Å²) in [4.78, 5) is 6.65. The van der Waals surface area contributed by atoms with Crippen molar-refractivity contribution in [2.24, 2.45) is 4.99 Å². The van der Waals surface area contributed by atoms with E-state index in [-0.39, 0.29) is 0 Å². The summed E-state index contributed by atoms with van der Waals surface area (Å²) in [6, 6.07) is 15.3. The maximum atomic E-state index is 5.89. The summed E-state index contributed by atoms with van der Waals surface area (Å²) in [5.74, 6) is 1.72. The van der Waals surface area contributed by atoms with Crippen molar-refractivity contribution in [3.63, 3.8) is 0 Å². The second-order valence-electron chi connectivity index (χ2n) is 4.53. The summed E-state index contributed by atoms with van der Waals surface area (Å²) in [7, 11) is 5.60. The van der Waals surface area contributed by atoms with Crippen LogP contribution in [0.5, 0.6) is 5.75 Å². The van der Waals surface area contributed by atoms with Crippen molar-refractivity contribution in [2.75, 3.05) is 21.2 Å². The fourth-order valence-electron chi connectivity index (χ4n) is 1.80. The van der Waals surface area contributed by atoms with E-state index >= 15 is 0 Å². The molecule has 2 rings (SSSR count). The minimum Gasteiger partial charge on any atom is -0.497 e. The van der Waals surface area contributed by atoms with Crippen LogP contribution in [0.15, 0.2) is 53.5 Å². The molecule has 0 N–H and O–H groups in total. The third-order valence-corrected chi connectivity index (χ3v) is 3.09. The highest BCUT2D eigenvalue weighted by Gasteiger charge is 2.06. The number of hydrogen-bond acceptors (Lipinski definition) is 2. The Kier molecular flexibility index (Phi) is 4.64. The van der Waals surface area contributed by atoms with E-state index in [2.05, 4.69) is 4.99 Å². The third kappa shape index (κ3) is 3.52. The van der Waals surface area contributed by atoms with Crippen LogP contribution < -0.4 is 4.74 Å². The van der Waals surface area contributed by atoms with Gasteiger partial charge in [0.25, 0.3) is 0 Å². The largest absolute Gasteiger partial charge is 0.497 e. The number of rotatable bonds is 3. The molecule has 0 fully saturated rings. The van der Waals surface area contributed by atoms with Gasteiger partial charge >= 0.3 is 0 Å². The normalized spacial score (nSPS) is 11.3. The van der Waals surface area contributed by atoms with E-state index in [1.165, 1.54) is 0 Å². The molecule has 0 saturated carbocycles. The molecule has 0 atom stereocenters. The van der Waals surface area contributed by atoms with Crippen molar-refractivity contribution in [2.45, 2.75) is 0 Å². The standard InChI is InChI=1S/C16H17ClN2O/c1-19(2)16(12-4-10-15(20-3)11-5-12)18-14-8-6-13(17)7-9-14/h4-11H,1-3H3. The Hall–Kier alpha value is -2.00. The van der Waals surface area contributed by atoms with E-state index < -0.39 is 0 Å². The molecule has 0 saturated heterocycles. The first-order valence-corrected chi connectivity index (χ1v) is 6.64. The Labute approximate surface area is 124 Å². The van der Waals surface area contributed by atoms with Gasteiger partial charge in [-0.2, -0.15) is 0 Å². The van der Waals surface area contributed by atoms with Gasteiger partial charge in [0, 0.05) is 24.7 Å². The smallest absolute Gasteiger partial charge is 0.136 e. The van der Waals surface area contributed by atoms with Gasteiger partial charge in [0.15, 0.2) is 0 Å². The Morgan fingerprint density at radius 1 is 1.00 bits per heavy atom. The van der Waals surface area contributed by atoms with Gasteiger partial charge < -0.3 is 9.64 Å². The van der Waals surface area contributed by atoms with E-state index in [1.54, 1.807) is 7.11 Å². The molecule has 3 nitrogen and oxygen atoms in total. The first kappa shape index (κ1) is 14.4. The van der Waals surface area contributed by atoms with Crippen LogP contribution in [0, 0.1) is 0 Å². The lowest BCUT2D eigenvalue weighted by Gasteiger charge is -2.16. The van der Waals surface area contributed by atoms with Gasteiger partial charge in [-0.25, -0.2) is 4.99 Å². The average Bonchev–Trinajstić information content (AvgIpc) is 2.46. The molecule has 0 aliphatic rings. The number of hydrogen-bond donors (Lipinski definition) is 0. The molecule has 0 unspecified atom stereocenters. The van der Waals surface area contributed by atoms with Crippen molar-refractivity contribution in [3.8, 4) is 5.75 Å². The van der Waals surface area contributed by atoms with Gasteiger partial charge in [0.05, 0.1) is 12.8 Å². The van der Waals surface area contributed by atoms with Crippen molar-refractivity contribution in [1.29, 1.82) is 0 Å². The first-order chi connectivity index (χ1) is 9.60.